The maximum absolute atomic E-state index is 12.2. The van der Waals surface area contributed by atoms with Crippen LogP contribution >= 0.6 is 27.7 Å². The highest BCUT2D eigenvalue weighted by Gasteiger charge is 2.14. The molecular weight excluding hydrogens is 400 g/mol. The van der Waals surface area contributed by atoms with Gasteiger partial charge in [0.1, 0.15) is 0 Å². The van der Waals surface area contributed by atoms with Crippen LogP contribution in [0.25, 0.3) is 11.4 Å². The van der Waals surface area contributed by atoms with Crippen molar-refractivity contribution in [3.8, 4) is 11.4 Å². The molecule has 25 heavy (non-hydrogen) atoms. The van der Waals surface area contributed by atoms with E-state index in [2.05, 4.69) is 31.4 Å². The average molecular weight is 417 g/mol. The Morgan fingerprint density at radius 1 is 1.16 bits per heavy atom. The standard InChI is InChI=1S/C18H17BrN4OS/c1-12-7-3-6-10-15(12)20-16(24)11-25-18-22-21-17(23(18)2)13-8-4-5-9-14(13)19/h3-10H,11H2,1-2H3,(H,20,24). The predicted octanol–water partition coefficient (Wildman–Crippen LogP) is 4.28. The first-order chi connectivity index (χ1) is 12.1. The number of hydrogen-bond acceptors (Lipinski definition) is 4. The lowest BCUT2D eigenvalue weighted by Gasteiger charge is -2.08. The van der Waals surface area contributed by atoms with Crippen molar-refractivity contribution in [2.24, 2.45) is 7.05 Å². The van der Waals surface area contributed by atoms with Crippen molar-refractivity contribution in [3.05, 3.63) is 58.6 Å². The number of benzene rings is 2. The Kier molecular flexibility index (Phi) is 5.55. The van der Waals surface area contributed by atoms with Gasteiger partial charge >= 0.3 is 0 Å². The Balaban J connectivity index is 1.67. The zero-order valence-electron chi connectivity index (χ0n) is 13.9. The summed E-state index contributed by atoms with van der Waals surface area (Å²) in [6.07, 6.45) is 0. The number of aryl methyl sites for hydroxylation is 1. The number of nitrogens with one attached hydrogen (secondary N) is 1. The second-order valence-electron chi connectivity index (χ2n) is 5.50. The van der Waals surface area contributed by atoms with Crippen molar-refractivity contribution in [1.82, 2.24) is 14.8 Å². The fourth-order valence-electron chi connectivity index (χ4n) is 2.35. The monoisotopic (exact) mass is 416 g/mol. The maximum Gasteiger partial charge on any atom is 0.234 e. The van der Waals surface area contributed by atoms with E-state index in [4.69, 9.17) is 0 Å². The molecular formula is C18H17BrN4OS. The molecule has 0 saturated carbocycles. The van der Waals surface area contributed by atoms with Crippen LogP contribution in [0.3, 0.4) is 0 Å². The van der Waals surface area contributed by atoms with Crippen LogP contribution in [0.15, 0.2) is 58.2 Å². The van der Waals surface area contributed by atoms with Crippen LogP contribution in [0, 0.1) is 6.92 Å². The number of aromatic nitrogens is 3. The number of halogens is 1. The number of nitrogens with zero attached hydrogens (tertiary/aromatic N) is 3. The number of thioether (sulfide) groups is 1. The van der Waals surface area contributed by atoms with Gasteiger partial charge in [0.05, 0.1) is 5.75 Å². The lowest BCUT2D eigenvalue weighted by molar-refractivity contribution is -0.113. The molecule has 0 fully saturated rings. The normalized spacial score (nSPS) is 10.7. The van der Waals surface area contributed by atoms with Gasteiger partial charge < -0.3 is 9.88 Å². The molecule has 7 heteroatoms. The molecule has 0 bridgehead atoms. The second-order valence-corrected chi connectivity index (χ2v) is 7.29. The van der Waals surface area contributed by atoms with Gasteiger partial charge in [-0.25, -0.2) is 0 Å². The molecule has 2 aromatic carbocycles. The summed E-state index contributed by atoms with van der Waals surface area (Å²) in [6.45, 7) is 1.97. The molecule has 3 rings (SSSR count). The lowest BCUT2D eigenvalue weighted by Crippen LogP contribution is -2.15. The summed E-state index contributed by atoms with van der Waals surface area (Å²) in [6, 6.07) is 15.6. The molecule has 0 radical (unpaired) electrons. The Morgan fingerprint density at radius 2 is 1.88 bits per heavy atom. The SMILES string of the molecule is Cc1ccccc1NC(=O)CSc1nnc(-c2ccccc2Br)n1C. The van der Waals surface area contributed by atoms with Gasteiger partial charge in [0, 0.05) is 22.8 Å². The number of carbonyl (C=O) groups excluding carboxylic acids is 1. The van der Waals surface area contributed by atoms with Gasteiger partial charge in [-0.2, -0.15) is 0 Å². The fraction of sp³-hybridized carbons (Fsp3) is 0.167. The summed E-state index contributed by atoms with van der Waals surface area (Å²) in [4.78, 5) is 12.2. The molecule has 1 N–H and O–H groups in total. The number of carbonyl (C=O) groups is 1. The number of anilines is 1. The van der Waals surface area contributed by atoms with Gasteiger partial charge in [0.15, 0.2) is 11.0 Å². The Morgan fingerprint density at radius 3 is 2.64 bits per heavy atom. The van der Waals surface area contributed by atoms with Crippen molar-refractivity contribution in [1.29, 1.82) is 0 Å². The van der Waals surface area contributed by atoms with Gasteiger partial charge in [-0.15, -0.1) is 10.2 Å². The second kappa shape index (κ2) is 7.84. The van der Waals surface area contributed by atoms with E-state index in [0.717, 1.165) is 27.1 Å². The van der Waals surface area contributed by atoms with E-state index >= 15 is 0 Å². The van der Waals surface area contributed by atoms with E-state index in [1.165, 1.54) is 11.8 Å². The quantitative estimate of drug-likeness (QED) is 0.630. The highest BCUT2D eigenvalue weighted by Crippen LogP contribution is 2.28. The van der Waals surface area contributed by atoms with Gasteiger partial charge in [-0.1, -0.05) is 64.1 Å². The van der Waals surface area contributed by atoms with Gasteiger partial charge in [-0.3, -0.25) is 4.79 Å². The number of hydrogen-bond donors (Lipinski definition) is 1. The summed E-state index contributed by atoms with van der Waals surface area (Å²) in [5.41, 5.74) is 2.84. The highest BCUT2D eigenvalue weighted by atomic mass is 79.9. The molecule has 0 aliphatic heterocycles. The summed E-state index contributed by atoms with van der Waals surface area (Å²) in [5, 5.41) is 12.1. The minimum atomic E-state index is -0.0651. The molecule has 0 aliphatic carbocycles. The molecule has 0 aliphatic rings. The first-order valence-corrected chi connectivity index (χ1v) is 9.46. The zero-order valence-corrected chi connectivity index (χ0v) is 16.3. The first kappa shape index (κ1) is 17.7. The van der Waals surface area contributed by atoms with Crippen molar-refractivity contribution in [3.63, 3.8) is 0 Å². The van der Waals surface area contributed by atoms with Gasteiger partial charge in [0.25, 0.3) is 0 Å². The lowest BCUT2D eigenvalue weighted by atomic mass is 10.2. The van der Waals surface area contributed by atoms with Crippen molar-refractivity contribution in [2.75, 3.05) is 11.1 Å². The summed E-state index contributed by atoms with van der Waals surface area (Å²) >= 11 is 4.89. The Hall–Kier alpha value is -2.12. The maximum atomic E-state index is 12.2. The molecule has 0 spiro atoms. The molecule has 0 atom stereocenters. The molecule has 128 valence electrons. The zero-order chi connectivity index (χ0) is 17.8. The molecule has 1 amide bonds. The van der Waals surface area contributed by atoms with Crippen LogP contribution in [0.5, 0.6) is 0 Å². The van der Waals surface area contributed by atoms with E-state index in [1.54, 1.807) is 0 Å². The van der Waals surface area contributed by atoms with Crippen molar-refractivity contribution in [2.45, 2.75) is 12.1 Å². The van der Waals surface area contributed by atoms with Gasteiger partial charge in [-0.05, 0) is 24.6 Å². The Bertz CT molecular complexity index is 910. The third kappa shape index (κ3) is 4.11. The third-order valence-electron chi connectivity index (χ3n) is 3.70. The first-order valence-electron chi connectivity index (χ1n) is 7.69. The molecule has 3 aromatic rings. The highest BCUT2D eigenvalue weighted by molar-refractivity contribution is 9.10. The molecule has 1 aromatic heterocycles. The summed E-state index contributed by atoms with van der Waals surface area (Å²) < 4.78 is 2.85. The number of rotatable bonds is 5. The minimum Gasteiger partial charge on any atom is -0.325 e. The van der Waals surface area contributed by atoms with E-state index in [0.29, 0.717) is 5.16 Å². The van der Waals surface area contributed by atoms with Crippen LogP contribution < -0.4 is 5.32 Å². The van der Waals surface area contributed by atoms with E-state index in [1.807, 2.05) is 67.1 Å². The molecule has 1 heterocycles. The van der Waals surface area contributed by atoms with Crippen LogP contribution in [-0.2, 0) is 11.8 Å². The number of amides is 1. The molecule has 0 unspecified atom stereocenters. The largest absolute Gasteiger partial charge is 0.325 e. The predicted molar refractivity (Wildman–Crippen MR) is 105 cm³/mol. The topological polar surface area (TPSA) is 59.8 Å². The van der Waals surface area contributed by atoms with Crippen LogP contribution in [0.4, 0.5) is 5.69 Å². The van der Waals surface area contributed by atoms with E-state index < -0.39 is 0 Å². The number of para-hydroxylation sites is 1. The third-order valence-corrected chi connectivity index (χ3v) is 5.41. The van der Waals surface area contributed by atoms with Crippen LogP contribution in [-0.4, -0.2) is 26.4 Å². The van der Waals surface area contributed by atoms with E-state index in [9.17, 15) is 4.79 Å². The smallest absolute Gasteiger partial charge is 0.234 e. The fourth-order valence-corrected chi connectivity index (χ4v) is 3.52. The molecule has 0 saturated heterocycles. The summed E-state index contributed by atoms with van der Waals surface area (Å²) in [7, 11) is 1.90. The minimum absolute atomic E-state index is 0.0651. The van der Waals surface area contributed by atoms with Crippen molar-refractivity contribution < 1.29 is 4.79 Å². The van der Waals surface area contributed by atoms with Crippen LogP contribution in [0.2, 0.25) is 0 Å². The molecule has 5 nitrogen and oxygen atoms in total. The average Bonchev–Trinajstić information content (AvgIpc) is 2.96. The van der Waals surface area contributed by atoms with Gasteiger partial charge in [0.2, 0.25) is 5.91 Å². The summed E-state index contributed by atoms with van der Waals surface area (Å²) in [5.74, 6) is 0.968. The van der Waals surface area contributed by atoms with E-state index in [-0.39, 0.29) is 11.7 Å². The van der Waals surface area contributed by atoms with Crippen LogP contribution in [0.1, 0.15) is 5.56 Å². The Labute approximate surface area is 159 Å². The van der Waals surface area contributed by atoms with Crippen molar-refractivity contribution >= 4 is 39.3 Å².